The number of hydrogen-bond acceptors (Lipinski definition) is 4. The van der Waals surface area contributed by atoms with Crippen LogP contribution in [0, 0.1) is 0 Å². The SMILES string of the molecule is CC1(C)c2ccccc2-c2ccc(N(c3ccccc3)c3cccc(C4=Nc5ccccc5C(c5ccc6c(c5)sc5cc7ccccc7cc56)N4)c3)cc21. The molecule has 4 heteroatoms. The highest BCUT2D eigenvalue weighted by Crippen LogP contribution is 2.50. The molecule has 0 bridgehead atoms. The minimum atomic E-state index is -0.0950. The predicted molar refractivity (Wildman–Crippen MR) is 233 cm³/mol. The third kappa shape index (κ3) is 5.13. The lowest BCUT2D eigenvalue weighted by atomic mass is 9.82. The van der Waals surface area contributed by atoms with Gasteiger partial charge in [0.25, 0.3) is 0 Å². The number of nitrogens with one attached hydrogen (secondary N) is 1. The number of hydrogen-bond donors (Lipinski definition) is 1. The minimum absolute atomic E-state index is 0.0492. The highest BCUT2D eigenvalue weighted by Gasteiger charge is 2.36. The fraction of sp³-hybridized carbons (Fsp3) is 0.0784. The Labute approximate surface area is 324 Å². The highest BCUT2D eigenvalue weighted by atomic mass is 32.1. The first-order chi connectivity index (χ1) is 27.0. The molecule has 2 heterocycles. The Balaban J connectivity index is 0.994. The number of rotatable bonds is 5. The molecule has 262 valence electrons. The van der Waals surface area contributed by atoms with E-state index in [2.05, 4.69) is 200 Å². The quantitative estimate of drug-likeness (QED) is 0.191. The van der Waals surface area contributed by atoms with Gasteiger partial charge in [-0.15, -0.1) is 11.3 Å². The van der Waals surface area contributed by atoms with Crippen LogP contribution in [0.5, 0.6) is 0 Å². The molecule has 0 fully saturated rings. The van der Waals surface area contributed by atoms with Crippen LogP contribution >= 0.6 is 11.3 Å². The van der Waals surface area contributed by atoms with Crippen LogP contribution in [0.1, 0.15) is 47.7 Å². The molecule has 8 aromatic carbocycles. The van der Waals surface area contributed by atoms with Gasteiger partial charge in [-0.2, -0.15) is 0 Å². The van der Waals surface area contributed by atoms with Gasteiger partial charge in [0.05, 0.1) is 11.7 Å². The Morgan fingerprint density at radius 3 is 2.15 bits per heavy atom. The maximum atomic E-state index is 5.24. The van der Waals surface area contributed by atoms with Crippen LogP contribution in [0.25, 0.3) is 42.1 Å². The van der Waals surface area contributed by atoms with E-state index in [1.165, 1.54) is 64.3 Å². The molecule has 0 radical (unpaired) electrons. The van der Waals surface area contributed by atoms with Crippen LogP contribution in [-0.2, 0) is 5.41 Å². The molecule has 1 unspecified atom stereocenters. The zero-order valence-electron chi connectivity index (χ0n) is 30.6. The van der Waals surface area contributed by atoms with Crippen molar-refractivity contribution in [3.05, 3.63) is 204 Å². The molecule has 1 aromatic heterocycles. The van der Waals surface area contributed by atoms with E-state index in [1.807, 2.05) is 11.3 Å². The molecule has 0 spiro atoms. The predicted octanol–water partition coefficient (Wildman–Crippen LogP) is 13.8. The summed E-state index contributed by atoms with van der Waals surface area (Å²) in [6.45, 7) is 4.69. The number of para-hydroxylation sites is 2. The molecule has 2 aliphatic rings. The van der Waals surface area contributed by atoms with Gasteiger partial charge in [-0.3, -0.25) is 0 Å². The van der Waals surface area contributed by atoms with Crippen LogP contribution in [0.15, 0.2) is 181 Å². The van der Waals surface area contributed by atoms with Crippen molar-refractivity contribution in [2.75, 3.05) is 4.90 Å². The number of thiophene rings is 1. The number of fused-ring (bicyclic) bond motifs is 8. The fourth-order valence-corrected chi connectivity index (χ4v) is 10.1. The van der Waals surface area contributed by atoms with Crippen LogP contribution < -0.4 is 10.2 Å². The van der Waals surface area contributed by atoms with Crippen molar-refractivity contribution in [1.82, 2.24) is 5.32 Å². The Kier molecular flexibility index (Phi) is 7.14. The summed E-state index contributed by atoms with van der Waals surface area (Å²) < 4.78 is 2.62. The van der Waals surface area contributed by atoms with Gasteiger partial charge in [0.1, 0.15) is 5.84 Å². The molecule has 1 atom stereocenters. The molecule has 1 N–H and O–H groups in total. The zero-order valence-corrected chi connectivity index (χ0v) is 31.4. The number of amidine groups is 1. The number of benzene rings is 8. The molecule has 11 rings (SSSR count). The van der Waals surface area contributed by atoms with Crippen molar-refractivity contribution >= 4 is 70.9 Å². The Morgan fingerprint density at radius 2 is 1.25 bits per heavy atom. The van der Waals surface area contributed by atoms with Gasteiger partial charge in [-0.1, -0.05) is 129 Å². The van der Waals surface area contributed by atoms with E-state index in [1.54, 1.807) is 0 Å². The lowest BCUT2D eigenvalue weighted by Gasteiger charge is -2.30. The van der Waals surface area contributed by atoms with Gasteiger partial charge < -0.3 is 10.2 Å². The second kappa shape index (κ2) is 12.3. The van der Waals surface area contributed by atoms with Crippen LogP contribution in [0.2, 0.25) is 0 Å². The largest absolute Gasteiger partial charge is 0.359 e. The summed E-state index contributed by atoms with van der Waals surface area (Å²) in [5.41, 5.74) is 13.1. The Hall–Kier alpha value is -6.49. The first-order valence-electron chi connectivity index (χ1n) is 19.0. The van der Waals surface area contributed by atoms with Gasteiger partial charge in [0.2, 0.25) is 0 Å². The van der Waals surface area contributed by atoms with Crippen molar-refractivity contribution in [1.29, 1.82) is 0 Å². The lowest BCUT2D eigenvalue weighted by Crippen LogP contribution is -2.32. The van der Waals surface area contributed by atoms with Crippen LogP contribution in [-0.4, -0.2) is 5.84 Å². The molecular weight excluding hydrogens is 687 g/mol. The minimum Gasteiger partial charge on any atom is -0.359 e. The Bertz CT molecular complexity index is 3010. The molecule has 1 aliphatic carbocycles. The van der Waals surface area contributed by atoms with E-state index in [0.29, 0.717) is 0 Å². The first kappa shape index (κ1) is 32.0. The van der Waals surface area contributed by atoms with Crippen molar-refractivity contribution in [2.24, 2.45) is 4.99 Å². The van der Waals surface area contributed by atoms with E-state index in [-0.39, 0.29) is 11.5 Å². The summed E-state index contributed by atoms with van der Waals surface area (Å²) in [5.74, 6) is 0.867. The number of anilines is 3. The van der Waals surface area contributed by atoms with E-state index in [4.69, 9.17) is 4.99 Å². The summed E-state index contributed by atoms with van der Waals surface area (Å²) in [6, 6.07) is 64.1. The molecule has 55 heavy (non-hydrogen) atoms. The molecular formula is C51H37N3S. The second-order valence-corrected chi connectivity index (χ2v) is 16.4. The standard InChI is InChI=1S/C51H37N3S/c1-51(2)44-21-10-8-19-39(44)40-26-24-38(31-45(40)51)54(36-16-4-3-5-17-36)37-18-12-15-35(27-37)50-52-46-22-11-9-20-42(46)49(53-50)34-23-25-41-43-28-32-13-6-7-14-33(32)29-48(43)55-47(41)30-34/h3-31,49H,1-2H3,(H,52,53). The van der Waals surface area contributed by atoms with E-state index in [9.17, 15) is 0 Å². The zero-order chi connectivity index (χ0) is 36.7. The van der Waals surface area contributed by atoms with Crippen LogP contribution in [0.3, 0.4) is 0 Å². The van der Waals surface area contributed by atoms with Gasteiger partial charge in [-0.05, 0) is 99.3 Å². The summed E-state index contributed by atoms with van der Waals surface area (Å²) in [6.07, 6.45) is 0. The summed E-state index contributed by atoms with van der Waals surface area (Å²) in [7, 11) is 0. The smallest absolute Gasteiger partial charge is 0.134 e. The molecule has 0 saturated heterocycles. The summed E-state index contributed by atoms with van der Waals surface area (Å²) >= 11 is 1.87. The molecule has 0 amide bonds. The van der Waals surface area contributed by atoms with E-state index >= 15 is 0 Å². The average Bonchev–Trinajstić information content (AvgIpc) is 3.70. The van der Waals surface area contributed by atoms with Crippen molar-refractivity contribution in [2.45, 2.75) is 25.3 Å². The van der Waals surface area contributed by atoms with Crippen LogP contribution in [0.4, 0.5) is 22.7 Å². The van der Waals surface area contributed by atoms with Gasteiger partial charge >= 0.3 is 0 Å². The molecule has 1 aliphatic heterocycles. The van der Waals surface area contributed by atoms with Gasteiger partial charge in [0, 0.05) is 53.8 Å². The molecule has 3 nitrogen and oxygen atoms in total. The number of nitrogens with zero attached hydrogens (tertiary/aromatic N) is 2. The maximum absolute atomic E-state index is 5.24. The monoisotopic (exact) mass is 723 g/mol. The van der Waals surface area contributed by atoms with E-state index < -0.39 is 0 Å². The van der Waals surface area contributed by atoms with Crippen molar-refractivity contribution in [3.63, 3.8) is 0 Å². The molecule has 9 aromatic rings. The first-order valence-corrected chi connectivity index (χ1v) is 19.8. The van der Waals surface area contributed by atoms with E-state index in [0.717, 1.165) is 34.1 Å². The molecule has 0 saturated carbocycles. The fourth-order valence-electron chi connectivity index (χ4n) is 8.92. The number of aliphatic imine (C=N–C) groups is 1. The van der Waals surface area contributed by atoms with Gasteiger partial charge in [-0.25, -0.2) is 4.99 Å². The van der Waals surface area contributed by atoms with Crippen molar-refractivity contribution < 1.29 is 0 Å². The average molecular weight is 724 g/mol. The van der Waals surface area contributed by atoms with Gasteiger partial charge in [0.15, 0.2) is 0 Å². The lowest BCUT2D eigenvalue weighted by molar-refractivity contribution is 0.660. The topological polar surface area (TPSA) is 27.6 Å². The normalized spacial score (nSPS) is 15.3. The highest BCUT2D eigenvalue weighted by molar-refractivity contribution is 7.25. The summed E-state index contributed by atoms with van der Waals surface area (Å²) in [5, 5.41) is 9.09. The maximum Gasteiger partial charge on any atom is 0.134 e. The second-order valence-electron chi connectivity index (χ2n) is 15.3. The summed E-state index contributed by atoms with van der Waals surface area (Å²) in [4.78, 5) is 7.62. The third-order valence-corrected chi connectivity index (χ3v) is 12.8. The Morgan fingerprint density at radius 1 is 0.545 bits per heavy atom. The van der Waals surface area contributed by atoms with Crippen molar-refractivity contribution in [3.8, 4) is 11.1 Å². The third-order valence-electron chi connectivity index (χ3n) is 11.7.